The Morgan fingerprint density at radius 3 is 2.37 bits per heavy atom. The first-order valence-corrected chi connectivity index (χ1v) is 13.4. The van der Waals surface area contributed by atoms with Gasteiger partial charge in [0.1, 0.15) is 0 Å². The summed E-state index contributed by atoms with van der Waals surface area (Å²) in [5.74, 6) is 0. The molecule has 30 heavy (non-hydrogen) atoms. The average Bonchev–Trinajstić information content (AvgIpc) is 2.70. The second kappa shape index (κ2) is 9.14. The molecule has 0 amide bonds. The Labute approximate surface area is 187 Å². The van der Waals surface area contributed by atoms with E-state index in [0.717, 1.165) is 11.8 Å². The summed E-state index contributed by atoms with van der Waals surface area (Å²) in [5.41, 5.74) is 0.154. The number of piperidine rings is 1. The Morgan fingerprint density at radius 2 is 1.73 bits per heavy atom. The maximum atomic E-state index is 13.2. The molecule has 1 heterocycles. The van der Waals surface area contributed by atoms with E-state index in [-0.39, 0.29) is 18.0 Å². The highest BCUT2D eigenvalue weighted by atomic mass is 35.5. The Bertz CT molecular complexity index is 1110. The highest BCUT2D eigenvalue weighted by Crippen LogP contribution is 2.41. The van der Waals surface area contributed by atoms with Gasteiger partial charge >= 0.3 is 0 Å². The van der Waals surface area contributed by atoms with Gasteiger partial charge in [-0.25, -0.2) is 8.42 Å². The van der Waals surface area contributed by atoms with Crippen LogP contribution in [-0.4, -0.2) is 47.1 Å². The van der Waals surface area contributed by atoms with Crippen LogP contribution in [0.5, 0.6) is 0 Å². The molecule has 0 saturated carbocycles. The zero-order valence-corrected chi connectivity index (χ0v) is 19.6. The van der Waals surface area contributed by atoms with E-state index in [9.17, 15) is 16.8 Å². The minimum Gasteiger partial charge on any atom is -0.270 e. The molecule has 1 atom stereocenters. The summed E-state index contributed by atoms with van der Waals surface area (Å²) >= 11 is 12.3. The molecule has 0 aliphatic carbocycles. The fourth-order valence-corrected chi connectivity index (χ4v) is 6.10. The summed E-state index contributed by atoms with van der Waals surface area (Å²) in [6.07, 6.45) is 2.59. The van der Waals surface area contributed by atoms with E-state index in [1.54, 1.807) is 42.5 Å². The van der Waals surface area contributed by atoms with Crippen LogP contribution in [0.3, 0.4) is 0 Å². The highest BCUT2D eigenvalue weighted by Gasteiger charge is 2.41. The lowest BCUT2D eigenvalue weighted by Crippen LogP contribution is -2.49. The van der Waals surface area contributed by atoms with Crippen LogP contribution in [0.2, 0.25) is 10.0 Å². The van der Waals surface area contributed by atoms with Crippen molar-refractivity contribution >= 4 is 43.3 Å². The molecule has 1 fully saturated rings. The topological polar surface area (TPSA) is 80.8 Å². The SMILES string of the molecule is CS(=O)(=O)OCCC1(c2ccc(Cl)c(Cl)c2)CCCN(S(=O)(=O)c2ccccc2)C1. The van der Waals surface area contributed by atoms with Gasteiger partial charge in [0.05, 0.1) is 27.8 Å². The first-order chi connectivity index (χ1) is 14.0. The molecule has 3 rings (SSSR count). The fraction of sp³-hybridized carbons (Fsp3) is 0.400. The second-order valence-corrected chi connectivity index (χ2v) is 11.8. The number of hydrogen-bond donors (Lipinski definition) is 0. The van der Waals surface area contributed by atoms with E-state index in [1.165, 1.54) is 4.31 Å². The van der Waals surface area contributed by atoms with Crippen molar-refractivity contribution in [2.45, 2.75) is 29.6 Å². The summed E-state index contributed by atoms with van der Waals surface area (Å²) < 4.78 is 55.8. The molecular formula is C20H23Cl2NO5S2. The molecule has 1 aliphatic rings. The molecule has 0 aromatic heterocycles. The highest BCUT2D eigenvalue weighted by molar-refractivity contribution is 7.89. The van der Waals surface area contributed by atoms with Crippen LogP contribution in [0, 0.1) is 0 Å². The fourth-order valence-electron chi connectivity index (χ4n) is 3.83. The predicted octanol–water partition coefficient (Wildman–Crippen LogP) is 4.08. The summed E-state index contributed by atoms with van der Waals surface area (Å²) in [4.78, 5) is 0.224. The van der Waals surface area contributed by atoms with E-state index >= 15 is 0 Å². The average molecular weight is 492 g/mol. The molecule has 6 nitrogen and oxygen atoms in total. The maximum Gasteiger partial charge on any atom is 0.264 e. The van der Waals surface area contributed by atoms with Gasteiger partial charge in [-0.15, -0.1) is 0 Å². The zero-order chi connectivity index (χ0) is 22.0. The van der Waals surface area contributed by atoms with Gasteiger partial charge in [0.2, 0.25) is 10.0 Å². The number of halogens is 2. The van der Waals surface area contributed by atoms with Crippen LogP contribution in [0.15, 0.2) is 53.4 Å². The zero-order valence-electron chi connectivity index (χ0n) is 16.4. The molecule has 1 aliphatic heterocycles. The van der Waals surface area contributed by atoms with Crippen molar-refractivity contribution in [2.24, 2.45) is 0 Å². The van der Waals surface area contributed by atoms with Crippen molar-refractivity contribution in [1.29, 1.82) is 0 Å². The number of sulfonamides is 1. The first kappa shape index (κ1) is 23.5. The third kappa shape index (κ3) is 5.36. The number of hydrogen-bond acceptors (Lipinski definition) is 5. The molecule has 1 saturated heterocycles. The van der Waals surface area contributed by atoms with Crippen LogP contribution in [0.4, 0.5) is 0 Å². The van der Waals surface area contributed by atoms with Crippen molar-refractivity contribution < 1.29 is 21.0 Å². The predicted molar refractivity (Wildman–Crippen MR) is 118 cm³/mol. The summed E-state index contributed by atoms with van der Waals surface area (Å²) in [5, 5.41) is 0.758. The molecule has 0 radical (unpaired) electrons. The molecule has 2 aromatic carbocycles. The third-order valence-corrected chi connectivity index (χ3v) is 8.53. The number of nitrogens with zero attached hydrogens (tertiary/aromatic N) is 1. The Kier molecular flexibility index (Phi) is 7.16. The van der Waals surface area contributed by atoms with Crippen LogP contribution in [0.25, 0.3) is 0 Å². The molecular weight excluding hydrogens is 469 g/mol. The van der Waals surface area contributed by atoms with E-state index in [2.05, 4.69) is 0 Å². The van der Waals surface area contributed by atoms with Crippen molar-refractivity contribution in [3.8, 4) is 0 Å². The molecule has 2 aromatic rings. The molecule has 1 unspecified atom stereocenters. The minimum absolute atomic E-state index is 0.0572. The first-order valence-electron chi connectivity index (χ1n) is 9.39. The largest absolute Gasteiger partial charge is 0.270 e. The second-order valence-electron chi connectivity index (χ2n) is 7.44. The van der Waals surface area contributed by atoms with Crippen LogP contribution >= 0.6 is 23.2 Å². The Balaban J connectivity index is 1.97. The van der Waals surface area contributed by atoms with Gasteiger partial charge in [0.25, 0.3) is 10.1 Å². The van der Waals surface area contributed by atoms with Crippen molar-refractivity contribution in [3.05, 3.63) is 64.1 Å². The van der Waals surface area contributed by atoms with E-state index in [4.69, 9.17) is 27.4 Å². The quantitative estimate of drug-likeness (QED) is 0.544. The standard InChI is InChI=1S/C20H23Cl2NO5S2/c1-29(24,25)28-13-11-20(16-8-9-18(21)19(22)14-16)10-5-12-23(15-20)30(26,27)17-6-3-2-4-7-17/h2-4,6-9,14H,5,10-13,15H2,1H3. The van der Waals surface area contributed by atoms with Gasteiger partial charge in [-0.1, -0.05) is 47.5 Å². The number of rotatable bonds is 7. The van der Waals surface area contributed by atoms with Crippen LogP contribution in [-0.2, 0) is 29.7 Å². The van der Waals surface area contributed by atoms with Crippen molar-refractivity contribution in [1.82, 2.24) is 4.31 Å². The Hall–Kier alpha value is -1.16. The Morgan fingerprint density at radius 1 is 1.03 bits per heavy atom. The molecule has 0 bridgehead atoms. The maximum absolute atomic E-state index is 13.2. The van der Waals surface area contributed by atoms with Gasteiger partial charge in [-0.05, 0) is 49.1 Å². The summed E-state index contributed by atoms with van der Waals surface area (Å²) in [6.45, 7) is 0.515. The summed E-state index contributed by atoms with van der Waals surface area (Å²) in [6, 6.07) is 13.5. The van der Waals surface area contributed by atoms with E-state index < -0.39 is 25.6 Å². The lowest BCUT2D eigenvalue weighted by Gasteiger charge is -2.43. The molecule has 10 heteroatoms. The van der Waals surface area contributed by atoms with Gasteiger partial charge in [0.15, 0.2) is 0 Å². The van der Waals surface area contributed by atoms with Gasteiger partial charge < -0.3 is 0 Å². The monoisotopic (exact) mass is 491 g/mol. The van der Waals surface area contributed by atoms with Gasteiger partial charge in [-0.2, -0.15) is 12.7 Å². The minimum atomic E-state index is -3.70. The van der Waals surface area contributed by atoms with Crippen molar-refractivity contribution in [2.75, 3.05) is 26.0 Å². The molecule has 0 N–H and O–H groups in total. The van der Waals surface area contributed by atoms with Crippen LogP contribution < -0.4 is 0 Å². The van der Waals surface area contributed by atoms with Gasteiger partial charge in [-0.3, -0.25) is 4.18 Å². The van der Waals surface area contributed by atoms with Crippen molar-refractivity contribution in [3.63, 3.8) is 0 Å². The van der Waals surface area contributed by atoms with E-state index in [1.807, 2.05) is 6.07 Å². The normalized spacial score (nSPS) is 20.9. The van der Waals surface area contributed by atoms with Gasteiger partial charge in [0, 0.05) is 18.5 Å². The lowest BCUT2D eigenvalue weighted by molar-refractivity contribution is 0.180. The molecule has 164 valence electrons. The molecule has 0 spiro atoms. The number of benzene rings is 2. The smallest absolute Gasteiger partial charge is 0.264 e. The van der Waals surface area contributed by atoms with Crippen LogP contribution in [0.1, 0.15) is 24.8 Å². The lowest BCUT2D eigenvalue weighted by atomic mass is 9.72. The summed E-state index contributed by atoms with van der Waals surface area (Å²) in [7, 11) is -7.31. The van der Waals surface area contributed by atoms with E-state index in [0.29, 0.717) is 35.9 Å². The third-order valence-electron chi connectivity index (χ3n) is 5.33.